The van der Waals surface area contributed by atoms with Crippen LogP contribution in [0.25, 0.3) is 0 Å². The number of hydrogen-bond donors (Lipinski definition) is 1. The van der Waals surface area contributed by atoms with Crippen molar-refractivity contribution in [3.8, 4) is 0 Å². The van der Waals surface area contributed by atoms with Crippen LogP contribution in [0.5, 0.6) is 0 Å². The molecule has 0 spiro atoms. The van der Waals surface area contributed by atoms with Gasteiger partial charge < -0.3 is 10.2 Å². The van der Waals surface area contributed by atoms with Crippen LogP contribution in [-0.4, -0.2) is 37.1 Å². The third-order valence-corrected chi connectivity index (χ3v) is 3.69. The first-order chi connectivity index (χ1) is 7.19. The number of hydrogen-bond acceptors (Lipinski definition) is 2. The second-order valence-corrected chi connectivity index (χ2v) is 5.13. The molecule has 2 nitrogen and oxygen atoms in total. The molecule has 0 aromatic heterocycles. The molecule has 0 aromatic carbocycles. The lowest BCUT2D eigenvalue weighted by Crippen LogP contribution is -2.51. The lowest BCUT2D eigenvalue weighted by atomic mass is 9.82. The Bertz CT molecular complexity index is 170. The maximum Gasteiger partial charge on any atom is 0.0248 e. The van der Waals surface area contributed by atoms with Gasteiger partial charge in [-0.2, -0.15) is 0 Å². The van der Waals surface area contributed by atoms with Crippen LogP contribution in [0.1, 0.15) is 46.5 Å². The average Bonchev–Trinajstić information content (AvgIpc) is 2.21. The fourth-order valence-electron chi connectivity index (χ4n) is 2.86. The topological polar surface area (TPSA) is 15.3 Å². The molecule has 1 rings (SSSR count). The van der Waals surface area contributed by atoms with E-state index < -0.39 is 0 Å². The Morgan fingerprint density at radius 1 is 1.27 bits per heavy atom. The largest absolute Gasteiger partial charge is 0.313 e. The van der Waals surface area contributed by atoms with E-state index in [0.29, 0.717) is 0 Å². The molecular formula is C13H28N2. The zero-order valence-corrected chi connectivity index (χ0v) is 10.9. The zero-order chi connectivity index (χ0) is 11.3. The van der Waals surface area contributed by atoms with Gasteiger partial charge in [0.15, 0.2) is 0 Å². The van der Waals surface area contributed by atoms with Crippen LogP contribution in [0, 0.1) is 5.92 Å². The van der Waals surface area contributed by atoms with Gasteiger partial charge in [0.1, 0.15) is 0 Å². The van der Waals surface area contributed by atoms with Crippen molar-refractivity contribution in [1.29, 1.82) is 0 Å². The fraction of sp³-hybridized carbons (Fsp3) is 1.00. The maximum atomic E-state index is 3.65. The van der Waals surface area contributed by atoms with E-state index in [1.54, 1.807) is 0 Å². The average molecular weight is 212 g/mol. The Morgan fingerprint density at radius 2 is 2.00 bits per heavy atom. The van der Waals surface area contributed by atoms with Gasteiger partial charge >= 0.3 is 0 Å². The summed E-state index contributed by atoms with van der Waals surface area (Å²) in [6, 6.07) is 1.48. The second-order valence-electron chi connectivity index (χ2n) is 5.13. The minimum atomic E-state index is 0.725. The van der Waals surface area contributed by atoms with Crippen molar-refractivity contribution >= 4 is 0 Å². The summed E-state index contributed by atoms with van der Waals surface area (Å²) in [5.74, 6) is 0.907. The predicted octanol–water partition coefficient (Wildman–Crippen LogP) is 2.49. The summed E-state index contributed by atoms with van der Waals surface area (Å²) in [5, 5.41) is 3.65. The molecule has 3 atom stereocenters. The highest BCUT2D eigenvalue weighted by Crippen LogP contribution is 2.27. The normalized spacial score (nSPS) is 32.2. The molecule has 3 unspecified atom stereocenters. The molecule has 0 aromatic rings. The standard InChI is InChI=1S/C13H28N2/c1-5-9-15(4)13-10-11(3)7-8-12(13)14-6-2/h11-14H,5-10H2,1-4H3. The third kappa shape index (κ3) is 3.76. The van der Waals surface area contributed by atoms with E-state index in [-0.39, 0.29) is 0 Å². The van der Waals surface area contributed by atoms with E-state index in [2.05, 4.69) is 38.0 Å². The summed E-state index contributed by atoms with van der Waals surface area (Å²) in [6.45, 7) is 9.23. The first kappa shape index (κ1) is 13.0. The molecule has 0 aliphatic heterocycles. The van der Waals surface area contributed by atoms with Crippen molar-refractivity contribution in [2.75, 3.05) is 20.1 Å². The fourth-order valence-corrected chi connectivity index (χ4v) is 2.86. The Kier molecular flexibility index (Phi) is 5.62. The third-order valence-electron chi connectivity index (χ3n) is 3.69. The van der Waals surface area contributed by atoms with Crippen molar-refractivity contribution in [3.63, 3.8) is 0 Å². The van der Waals surface area contributed by atoms with Crippen LogP contribution in [-0.2, 0) is 0 Å². The van der Waals surface area contributed by atoms with E-state index in [9.17, 15) is 0 Å². The number of nitrogens with one attached hydrogen (secondary N) is 1. The molecule has 1 fully saturated rings. The Labute approximate surface area is 95.4 Å². The highest BCUT2D eigenvalue weighted by Gasteiger charge is 2.30. The SMILES string of the molecule is CCCN(C)C1CC(C)CCC1NCC. The van der Waals surface area contributed by atoms with Gasteiger partial charge in [0.2, 0.25) is 0 Å². The first-order valence-corrected chi connectivity index (χ1v) is 6.62. The monoisotopic (exact) mass is 212 g/mol. The lowest BCUT2D eigenvalue weighted by Gasteiger charge is -2.40. The van der Waals surface area contributed by atoms with Gasteiger partial charge in [0, 0.05) is 12.1 Å². The number of likely N-dealkylation sites (N-methyl/N-ethyl adjacent to an activating group) is 2. The molecule has 15 heavy (non-hydrogen) atoms. The van der Waals surface area contributed by atoms with Crippen LogP contribution in [0.3, 0.4) is 0 Å². The van der Waals surface area contributed by atoms with Gasteiger partial charge in [-0.3, -0.25) is 0 Å². The van der Waals surface area contributed by atoms with E-state index in [4.69, 9.17) is 0 Å². The molecular weight excluding hydrogens is 184 g/mol. The molecule has 0 saturated heterocycles. The smallest absolute Gasteiger partial charge is 0.0248 e. The summed E-state index contributed by atoms with van der Waals surface area (Å²) < 4.78 is 0. The van der Waals surface area contributed by atoms with Gasteiger partial charge in [-0.05, 0) is 51.7 Å². The predicted molar refractivity (Wildman–Crippen MR) is 67.2 cm³/mol. The van der Waals surface area contributed by atoms with Crippen LogP contribution >= 0.6 is 0 Å². The highest BCUT2D eigenvalue weighted by atomic mass is 15.2. The van der Waals surface area contributed by atoms with Crippen LogP contribution in [0.2, 0.25) is 0 Å². The molecule has 0 heterocycles. The Morgan fingerprint density at radius 3 is 2.60 bits per heavy atom. The first-order valence-electron chi connectivity index (χ1n) is 6.62. The van der Waals surface area contributed by atoms with Gasteiger partial charge in [0.05, 0.1) is 0 Å². The van der Waals surface area contributed by atoms with E-state index in [0.717, 1.165) is 24.5 Å². The van der Waals surface area contributed by atoms with Crippen molar-refractivity contribution in [1.82, 2.24) is 10.2 Å². The lowest BCUT2D eigenvalue weighted by molar-refractivity contribution is 0.125. The minimum absolute atomic E-state index is 0.725. The Balaban J connectivity index is 2.52. The van der Waals surface area contributed by atoms with E-state index in [1.807, 2.05) is 0 Å². The molecule has 1 aliphatic carbocycles. The minimum Gasteiger partial charge on any atom is -0.313 e. The Hall–Kier alpha value is -0.0800. The number of rotatable bonds is 5. The summed E-state index contributed by atoms with van der Waals surface area (Å²) in [6.07, 6.45) is 5.39. The second kappa shape index (κ2) is 6.49. The number of nitrogens with zero attached hydrogens (tertiary/aromatic N) is 1. The summed E-state index contributed by atoms with van der Waals surface area (Å²) in [7, 11) is 2.29. The van der Waals surface area contributed by atoms with Gasteiger partial charge in [-0.1, -0.05) is 20.8 Å². The summed E-state index contributed by atoms with van der Waals surface area (Å²) in [4.78, 5) is 2.56. The molecule has 1 aliphatic rings. The summed E-state index contributed by atoms with van der Waals surface area (Å²) in [5.41, 5.74) is 0. The van der Waals surface area contributed by atoms with E-state index >= 15 is 0 Å². The van der Waals surface area contributed by atoms with Crippen molar-refractivity contribution in [2.24, 2.45) is 5.92 Å². The molecule has 1 N–H and O–H groups in total. The van der Waals surface area contributed by atoms with Gasteiger partial charge in [-0.15, -0.1) is 0 Å². The quantitative estimate of drug-likeness (QED) is 0.753. The molecule has 0 amide bonds. The highest BCUT2D eigenvalue weighted by molar-refractivity contribution is 4.88. The molecule has 0 radical (unpaired) electrons. The van der Waals surface area contributed by atoms with Crippen molar-refractivity contribution in [3.05, 3.63) is 0 Å². The van der Waals surface area contributed by atoms with Crippen LogP contribution < -0.4 is 5.32 Å². The molecule has 1 saturated carbocycles. The zero-order valence-electron chi connectivity index (χ0n) is 10.9. The van der Waals surface area contributed by atoms with Gasteiger partial charge in [-0.25, -0.2) is 0 Å². The van der Waals surface area contributed by atoms with Crippen LogP contribution in [0.15, 0.2) is 0 Å². The van der Waals surface area contributed by atoms with Crippen molar-refractivity contribution in [2.45, 2.75) is 58.5 Å². The van der Waals surface area contributed by atoms with Crippen LogP contribution in [0.4, 0.5) is 0 Å². The maximum absolute atomic E-state index is 3.65. The molecule has 2 heteroatoms. The van der Waals surface area contributed by atoms with E-state index in [1.165, 1.54) is 32.2 Å². The molecule has 90 valence electrons. The van der Waals surface area contributed by atoms with Crippen molar-refractivity contribution < 1.29 is 0 Å². The molecule has 0 bridgehead atoms. The van der Waals surface area contributed by atoms with Gasteiger partial charge in [0.25, 0.3) is 0 Å². The summed E-state index contributed by atoms with van der Waals surface area (Å²) >= 11 is 0.